The van der Waals surface area contributed by atoms with Gasteiger partial charge in [-0.2, -0.15) is 5.26 Å². The van der Waals surface area contributed by atoms with E-state index in [0.29, 0.717) is 6.79 Å². The fraction of sp³-hybridized carbons (Fsp3) is 0.406. The summed E-state index contributed by atoms with van der Waals surface area (Å²) in [6.07, 6.45) is 4.29. The van der Waals surface area contributed by atoms with Gasteiger partial charge in [0.25, 0.3) is 0 Å². The van der Waals surface area contributed by atoms with E-state index in [9.17, 15) is 5.26 Å². The number of likely N-dealkylation sites (N-methyl/N-ethyl adjacent to an activating group) is 1. The first kappa shape index (κ1) is 26.1. The molecule has 0 bridgehead atoms. The molecule has 2 heterocycles. The Morgan fingerprint density at radius 1 is 0.892 bits per heavy atom. The van der Waals surface area contributed by atoms with E-state index in [1.54, 1.807) is 0 Å². The van der Waals surface area contributed by atoms with Crippen LogP contribution >= 0.6 is 0 Å². The van der Waals surface area contributed by atoms with E-state index >= 15 is 0 Å². The molecule has 1 saturated carbocycles. The van der Waals surface area contributed by atoms with Crippen molar-refractivity contribution in [1.29, 1.82) is 5.26 Å². The molecule has 4 nitrogen and oxygen atoms in total. The van der Waals surface area contributed by atoms with Crippen molar-refractivity contribution in [2.45, 2.75) is 31.1 Å². The number of hydrogen-bond donors (Lipinski definition) is 0. The Morgan fingerprint density at radius 3 is 2.14 bits per heavy atom. The standard InChI is InChI=1S/C32H35N2O2.HI/c1-34(18-16-24-14-15-30-31(19-24)36-23-35-30)20-28-27(29(28)21-34)13-8-17-32(22-33,25-9-4-2-5-10-25)26-11-6-3-7-12-26;/h2-7,9-12,14-15,19,27-29H,8,13,16-18,20-21,23H2,1H3;1H/q+1;/p-1. The lowest BCUT2D eigenvalue weighted by Crippen LogP contribution is -3.00. The highest BCUT2D eigenvalue weighted by molar-refractivity contribution is 5.46. The molecule has 6 rings (SSSR count). The van der Waals surface area contributed by atoms with E-state index < -0.39 is 5.41 Å². The number of hydrogen-bond acceptors (Lipinski definition) is 3. The maximum Gasteiger partial charge on any atom is 0.231 e. The third-order valence-corrected chi connectivity index (χ3v) is 9.00. The number of ether oxygens (including phenoxy) is 2. The monoisotopic (exact) mass is 606 g/mol. The van der Waals surface area contributed by atoms with Crippen LogP contribution in [0.3, 0.4) is 0 Å². The topological polar surface area (TPSA) is 42.2 Å². The molecule has 3 aromatic carbocycles. The van der Waals surface area contributed by atoms with E-state index in [-0.39, 0.29) is 24.0 Å². The summed E-state index contributed by atoms with van der Waals surface area (Å²) in [4.78, 5) is 0. The van der Waals surface area contributed by atoms with Crippen LogP contribution < -0.4 is 33.5 Å². The van der Waals surface area contributed by atoms with Gasteiger partial charge in [0.1, 0.15) is 5.41 Å². The van der Waals surface area contributed by atoms with Gasteiger partial charge in [-0.25, -0.2) is 0 Å². The number of piperidine rings is 1. The number of quaternary nitrogens is 1. The van der Waals surface area contributed by atoms with Gasteiger partial charge in [0.05, 0.1) is 32.8 Å². The molecule has 2 fully saturated rings. The quantitative estimate of drug-likeness (QED) is 0.278. The van der Waals surface area contributed by atoms with Crippen LogP contribution in [-0.2, 0) is 11.8 Å². The molecule has 3 aliphatic rings. The molecular formula is C32H35IN2O2. The molecule has 192 valence electrons. The van der Waals surface area contributed by atoms with Crippen molar-refractivity contribution in [2.75, 3.05) is 33.5 Å². The number of fused-ring (bicyclic) bond motifs is 2. The van der Waals surface area contributed by atoms with E-state index in [1.807, 2.05) is 18.2 Å². The highest BCUT2D eigenvalue weighted by atomic mass is 127. The van der Waals surface area contributed by atoms with Crippen LogP contribution in [0.2, 0.25) is 0 Å². The Morgan fingerprint density at radius 2 is 1.51 bits per heavy atom. The number of likely N-dealkylation sites (tertiary alicyclic amines) is 1. The van der Waals surface area contributed by atoms with Crippen LogP contribution in [0.5, 0.6) is 11.5 Å². The van der Waals surface area contributed by atoms with Gasteiger partial charge in [-0.1, -0.05) is 73.2 Å². The van der Waals surface area contributed by atoms with Crippen molar-refractivity contribution in [1.82, 2.24) is 0 Å². The molecule has 1 saturated heterocycles. The van der Waals surface area contributed by atoms with Crippen molar-refractivity contribution in [3.63, 3.8) is 0 Å². The lowest BCUT2D eigenvalue weighted by atomic mass is 9.72. The van der Waals surface area contributed by atoms with E-state index in [4.69, 9.17) is 9.47 Å². The van der Waals surface area contributed by atoms with E-state index in [0.717, 1.165) is 59.6 Å². The molecule has 0 amide bonds. The maximum atomic E-state index is 10.4. The Kier molecular flexibility index (Phi) is 7.51. The van der Waals surface area contributed by atoms with Crippen LogP contribution in [0.1, 0.15) is 36.0 Å². The number of nitriles is 1. The number of rotatable bonds is 9. The Balaban J connectivity index is 0.00000280. The van der Waals surface area contributed by atoms with Gasteiger partial charge in [0.2, 0.25) is 6.79 Å². The summed E-state index contributed by atoms with van der Waals surface area (Å²) in [7, 11) is 2.43. The summed E-state index contributed by atoms with van der Waals surface area (Å²) in [5, 5.41) is 10.4. The number of halogens is 1. The molecule has 0 spiro atoms. The second-order valence-corrected chi connectivity index (χ2v) is 11.3. The Hall–Kier alpha value is -2.56. The average molecular weight is 607 g/mol. The first-order valence-corrected chi connectivity index (χ1v) is 13.3. The Bertz CT molecular complexity index is 1210. The van der Waals surface area contributed by atoms with Gasteiger partial charge < -0.3 is 37.9 Å². The predicted molar refractivity (Wildman–Crippen MR) is 141 cm³/mol. The normalized spacial score (nSPS) is 25.1. The molecule has 37 heavy (non-hydrogen) atoms. The number of nitrogens with zero attached hydrogens (tertiary/aromatic N) is 2. The van der Waals surface area contributed by atoms with Crippen molar-refractivity contribution in [3.8, 4) is 17.6 Å². The Labute approximate surface area is 237 Å². The average Bonchev–Trinajstić information content (AvgIpc) is 3.24. The van der Waals surface area contributed by atoms with E-state index in [2.05, 4.69) is 73.8 Å². The molecule has 2 atom stereocenters. The summed E-state index contributed by atoms with van der Waals surface area (Å²) in [5.74, 6) is 4.31. The second kappa shape index (κ2) is 10.7. The summed E-state index contributed by atoms with van der Waals surface area (Å²) >= 11 is 0. The van der Waals surface area contributed by atoms with Gasteiger partial charge in [0.15, 0.2) is 11.5 Å². The smallest absolute Gasteiger partial charge is 0.231 e. The third-order valence-electron chi connectivity index (χ3n) is 9.00. The van der Waals surface area contributed by atoms with Crippen LogP contribution in [-0.4, -0.2) is 38.0 Å². The molecule has 3 aromatic rings. The highest BCUT2D eigenvalue weighted by Crippen LogP contribution is 2.56. The van der Waals surface area contributed by atoms with Crippen LogP contribution in [0.25, 0.3) is 0 Å². The summed E-state index contributed by atoms with van der Waals surface area (Å²) < 4.78 is 12.2. The van der Waals surface area contributed by atoms with Crippen molar-refractivity contribution >= 4 is 0 Å². The maximum absolute atomic E-state index is 10.4. The number of benzene rings is 3. The van der Waals surface area contributed by atoms with Crippen LogP contribution in [0, 0.1) is 29.1 Å². The lowest BCUT2D eigenvalue weighted by molar-refractivity contribution is -0.903. The van der Waals surface area contributed by atoms with Gasteiger partial charge in [-0.05, 0) is 47.6 Å². The van der Waals surface area contributed by atoms with Crippen LogP contribution in [0.15, 0.2) is 78.9 Å². The van der Waals surface area contributed by atoms with Gasteiger partial charge in [0, 0.05) is 18.3 Å². The lowest BCUT2D eigenvalue weighted by Gasteiger charge is -2.32. The summed E-state index contributed by atoms with van der Waals surface area (Å²) in [5.41, 5.74) is 3.00. The molecular weight excluding hydrogens is 571 g/mol. The molecule has 2 unspecified atom stereocenters. The zero-order chi connectivity index (χ0) is 24.6. The highest BCUT2D eigenvalue weighted by Gasteiger charge is 2.61. The second-order valence-electron chi connectivity index (χ2n) is 11.3. The fourth-order valence-electron chi connectivity index (χ4n) is 6.95. The summed E-state index contributed by atoms with van der Waals surface area (Å²) in [6.45, 7) is 4.10. The zero-order valence-corrected chi connectivity index (χ0v) is 23.6. The zero-order valence-electron chi connectivity index (χ0n) is 21.5. The van der Waals surface area contributed by atoms with Gasteiger partial charge >= 0.3 is 0 Å². The van der Waals surface area contributed by atoms with Crippen molar-refractivity contribution < 1.29 is 37.9 Å². The molecule has 0 N–H and O–H groups in total. The van der Waals surface area contributed by atoms with Gasteiger partial charge in [-0.3, -0.25) is 0 Å². The fourth-order valence-corrected chi connectivity index (χ4v) is 6.95. The first-order chi connectivity index (χ1) is 17.6. The third kappa shape index (κ3) is 5.11. The molecule has 1 aliphatic carbocycles. The molecule has 5 heteroatoms. The van der Waals surface area contributed by atoms with Crippen LogP contribution in [0.4, 0.5) is 0 Å². The largest absolute Gasteiger partial charge is 1.00 e. The molecule has 0 radical (unpaired) electrons. The SMILES string of the molecule is C[N+]1(CCc2ccc3c(c2)OCO3)CC2C(CCCC(C#N)(c3ccccc3)c3ccccc3)C2C1.[I-]. The summed E-state index contributed by atoms with van der Waals surface area (Å²) in [6, 6.07) is 29.8. The first-order valence-electron chi connectivity index (χ1n) is 13.3. The minimum atomic E-state index is -0.568. The van der Waals surface area contributed by atoms with Gasteiger partial charge in [-0.15, -0.1) is 0 Å². The minimum Gasteiger partial charge on any atom is -1.00 e. The molecule has 0 aromatic heterocycles. The van der Waals surface area contributed by atoms with E-state index in [1.165, 1.54) is 36.1 Å². The molecule has 2 aliphatic heterocycles. The van der Waals surface area contributed by atoms with Crippen molar-refractivity contribution in [2.24, 2.45) is 17.8 Å². The predicted octanol–water partition coefficient (Wildman–Crippen LogP) is 2.96. The van der Waals surface area contributed by atoms with Crippen molar-refractivity contribution in [3.05, 3.63) is 95.6 Å². The minimum absolute atomic E-state index is 0.